The minimum Gasteiger partial charge on any atom is -0.550 e. The van der Waals surface area contributed by atoms with Crippen molar-refractivity contribution in [2.24, 2.45) is 0 Å². The number of hydrogen-bond donors (Lipinski definition) is 0. The van der Waals surface area contributed by atoms with Crippen LogP contribution in [-0.4, -0.2) is 147 Å². The Morgan fingerprint density at radius 2 is 0.357 bits per heavy atom. The third kappa shape index (κ3) is 53.8. The van der Waals surface area contributed by atoms with Gasteiger partial charge in [0.25, 0.3) is 0 Å². The Labute approximate surface area is 349 Å². The highest BCUT2D eigenvalue weighted by atomic mass is 16.4. The lowest BCUT2D eigenvalue weighted by molar-refractivity contribution is -0.928. The van der Waals surface area contributed by atoms with E-state index in [0.29, 0.717) is 0 Å². The summed E-state index contributed by atoms with van der Waals surface area (Å²) < 4.78 is 5.21. The van der Waals surface area contributed by atoms with Gasteiger partial charge in [0.1, 0.15) is 0 Å². The SMILES string of the molecule is CC(=O)[O-].CC(=O)[O-].CC(=O)[O-].CC(=O)[O-].CCC[N+](CCC)(CCC)CCC.CC[N+](CC)(CC)CC.CC[N+](CC)(CC)CC.CC[N+](CC)(CC)CC. The van der Waals surface area contributed by atoms with Gasteiger partial charge in [-0.2, -0.15) is 0 Å². The molecule has 0 rings (SSSR count). The molecule has 0 bridgehead atoms. The third-order valence-electron chi connectivity index (χ3n) is 10.8. The molecule has 0 fully saturated rings. The highest BCUT2D eigenvalue weighted by Crippen LogP contribution is 2.12. The van der Waals surface area contributed by atoms with Gasteiger partial charge in [-0.05, 0) is 136 Å². The number of quaternary nitrogens is 4. The average Bonchev–Trinajstić information content (AvgIpc) is 3.12. The smallest absolute Gasteiger partial charge is 0.0783 e. The van der Waals surface area contributed by atoms with Gasteiger partial charge < -0.3 is 57.5 Å². The molecular formula is C44H100N4O8. The zero-order valence-corrected chi connectivity index (χ0v) is 41.2. The van der Waals surface area contributed by atoms with Crippen LogP contribution in [0.5, 0.6) is 0 Å². The Morgan fingerprint density at radius 3 is 0.393 bits per heavy atom. The fraction of sp³-hybridized carbons (Fsp3) is 0.909. The second-order valence-corrected chi connectivity index (χ2v) is 14.0. The summed E-state index contributed by atoms with van der Waals surface area (Å²) in [7, 11) is 0. The highest BCUT2D eigenvalue weighted by Gasteiger charge is 2.23. The molecule has 12 nitrogen and oxygen atoms in total. The molecule has 344 valence electrons. The molecule has 0 spiro atoms. The van der Waals surface area contributed by atoms with Gasteiger partial charge >= 0.3 is 0 Å². The van der Waals surface area contributed by atoms with Gasteiger partial charge in [-0.1, -0.05) is 27.7 Å². The minimum absolute atomic E-state index is 0.972. The Kier molecular flexibility index (Phi) is 62.3. The molecule has 12 heteroatoms. The third-order valence-corrected chi connectivity index (χ3v) is 10.8. The molecule has 0 heterocycles. The predicted molar refractivity (Wildman–Crippen MR) is 231 cm³/mol. The first-order valence-corrected chi connectivity index (χ1v) is 22.0. The minimum atomic E-state index is -1.08. The summed E-state index contributed by atoms with van der Waals surface area (Å²) in [6.45, 7) is 61.3. The summed E-state index contributed by atoms with van der Waals surface area (Å²) in [5.41, 5.74) is 0. The number of hydrogen-bond acceptors (Lipinski definition) is 8. The van der Waals surface area contributed by atoms with Gasteiger partial charge in [-0.3, -0.25) is 0 Å². The second-order valence-electron chi connectivity index (χ2n) is 14.0. The molecule has 0 aliphatic carbocycles. The standard InChI is InChI=1S/C12H28N.3C8H20N.4C2H4O2/c1-5-9-13(10-6-2,11-7-3)12-8-4;3*1-5-9(6-2,7-3)8-4;4*1-2(3)4/h5-12H2,1-4H3;3*5-8H2,1-4H3;4*1H3,(H,3,4)/q4*+1;;;;/p-4. The molecule has 0 aliphatic heterocycles. The van der Waals surface area contributed by atoms with Gasteiger partial charge in [0.2, 0.25) is 0 Å². The summed E-state index contributed by atoms with van der Waals surface area (Å²) in [6.07, 6.45) is 5.33. The first kappa shape index (κ1) is 71.4. The topological polar surface area (TPSA) is 161 Å². The number of nitrogens with zero attached hydrogens (tertiary/aromatic N) is 4. The number of aliphatic carboxylic acids is 4. The van der Waals surface area contributed by atoms with E-state index in [0.717, 1.165) is 27.7 Å². The zero-order chi connectivity index (χ0) is 46.5. The van der Waals surface area contributed by atoms with Crippen LogP contribution in [0.4, 0.5) is 0 Å². The largest absolute Gasteiger partial charge is 0.550 e. The van der Waals surface area contributed by atoms with E-state index in [4.69, 9.17) is 39.6 Å². The molecule has 0 amide bonds. The molecule has 0 aliphatic rings. The first-order chi connectivity index (χ1) is 25.9. The molecular weight excluding hydrogens is 713 g/mol. The van der Waals surface area contributed by atoms with Gasteiger partial charge in [0.05, 0.1) is 105 Å². The fourth-order valence-electron chi connectivity index (χ4n) is 6.59. The highest BCUT2D eigenvalue weighted by molar-refractivity contribution is 5.61. The quantitative estimate of drug-likeness (QED) is 0.166. The van der Waals surface area contributed by atoms with Crippen LogP contribution in [-0.2, 0) is 19.2 Å². The van der Waals surface area contributed by atoms with E-state index in [1.807, 2.05) is 0 Å². The van der Waals surface area contributed by atoms with Crippen LogP contribution in [0, 0.1) is 0 Å². The van der Waals surface area contributed by atoms with Crippen molar-refractivity contribution in [3.8, 4) is 0 Å². The molecule has 0 aromatic carbocycles. The van der Waals surface area contributed by atoms with Crippen LogP contribution >= 0.6 is 0 Å². The number of carbonyl (C=O) groups is 4. The van der Waals surface area contributed by atoms with Crippen molar-refractivity contribution in [2.45, 2.75) is 164 Å². The van der Waals surface area contributed by atoms with Crippen LogP contribution in [0.25, 0.3) is 0 Å². The van der Waals surface area contributed by atoms with Crippen molar-refractivity contribution >= 4 is 23.9 Å². The van der Waals surface area contributed by atoms with Gasteiger partial charge in [0, 0.05) is 23.9 Å². The second kappa shape index (κ2) is 48.9. The van der Waals surface area contributed by atoms with Crippen LogP contribution < -0.4 is 20.4 Å². The molecule has 0 aromatic rings. The number of rotatable bonds is 20. The first-order valence-electron chi connectivity index (χ1n) is 22.0. The Morgan fingerprint density at radius 1 is 0.268 bits per heavy atom. The number of carboxylic acids is 4. The van der Waals surface area contributed by atoms with Crippen molar-refractivity contribution in [3.63, 3.8) is 0 Å². The normalized spacial score (nSPS) is 10.4. The molecule has 0 saturated heterocycles. The van der Waals surface area contributed by atoms with Crippen molar-refractivity contribution in [3.05, 3.63) is 0 Å². The molecule has 0 aromatic heterocycles. The van der Waals surface area contributed by atoms with E-state index in [2.05, 4.69) is 111 Å². The van der Waals surface area contributed by atoms with Crippen LogP contribution in [0.3, 0.4) is 0 Å². The van der Waals surface area contributed by atoms with E-state index >= 15 is 0 Å². The summed E-state index contributed by atoms with van der Waals surface area (Å²) in [5, 5.41) is 35.6. The number of carbonyl (C=O) groups excluding carboxylic acids is 4. The van der Waals surface area contributed by atoms with E-state index in [1.54, 1.807) is 0 Å². The average molecular weight is 813 g/mol. The van der Waals surface area contributed by atoms with Crippen LogP contribution in [0.15, 0.2) is 0 Å². The van der Waals surface area contributed by atoms with Gasteiger partial charge in [-0.25, -0.2) is 0 Å². The molecule has 0 unspecified atom stereocenters. The lowest BCUT2D eigenvalue weighted by Gasteiger charge is -2.38. The van der Waals surface area contributed by atoms with E-state index in [9.17, 15) is 0 Å². The Hall–Kier alpha value is -2.28. The van der Waals surface area contributed by atoms with E-state index in [-0.39, 0.29) is 0 Å². The summed E-state index contributed by atoms with van der Waals surface area (Å²) in [6, 6.07) is 0. The van der Waals surface area contributed by atoms with E-state index < -0.39 is 23.9 Å². The fourth-order valence-corrected chi connectivity index (χ4v) is 6.59. The van der Waals surface area contributed by atoms with E-state index in [1.165, 1.54) is 148 Å². The molecule has 0 saturated carbocycles. The molecule has 56 heavy (non-hydrogen) atoms. The maximum Gasteiger partial charge on any atom is 0.0783 e. The maximum absolute atomic E-state index is 8.89. The number of carboxylic acid groups (broad SMARTS) is 4. The van der Waals surface area contributed by atoms with Crippen LogP contribution in [0.2, 0.25) is 0 Å². The Balaban J connectivity index is -0.0000000816. The monoisotopic (exact) mass is 813 g/mol. The molecule has 0 atom stereocenters. The Bertz CT molecular complexity index is 651. The predicted octanol–water partition coefficient (Wildman–Crippen LogP) is 4.12. The summed E-state index contributed by atoms with van der Waals surface area (Å²) in [4.78, 5) is 35.6. The van der Waals surface area contributed by atoms with Crippen molar-refractivity contribution in [2.75, 3.05) is 105 Å². The van der Waals surface area contributed by atoms with Gasteiger partial charge in [-0.15, -0.1) is 0 Å². The molecule has 0 N–H and O–H groups in total. The van der Waals surface area contributed by atoms with Crippen molar-refractivity contribution in [1.82, 2.24) is 0 Å². The van der Waals surface area contributed by atoms with Gasteiger partial charge in [0.15, 0.2) is 0 Å². The van der Waals surface area contributed by atoms with Crippen molar-refractivity contribution < 1.29 is 57.5 Å². The zero-order valence-electron chi connectivity index (χ0n) is 41.2. The lowest BCUT2D eigenvalue weighted by Crippen LogP contribution is -2.50. The summed E-state index contributed by atoms with van der Waals surface area (Å²) >= 11 is 0. The lowest BCUT2D eigenvalue weighted by atomic mass is 10.2. The summed E-state index contributed by atoms with van der Waals surface area (Å²) in [5.74, 6) is -4.33. The van der Waals surface area contributed by atoms with Crippen molar-refractivity contribution in [1.29, 1.82) is 0 Å². The van der Waals surface area contributed by atoms with Crippen LogP contribution in [0.1, 0.15) is 164 Å². The maximum atomic E-state index is 8.89. The molecule has 0 radical (unpaired) electrons.